The fraction of sp³-hybridized carbons (Fsp3) is 1.00. The second-order valence-electron chi connectivity index (χ2n) is 3.98. The SMILES string of the molecule is NCC1CCN(CCCCCO)C1. The molecule has 0 aromatic heterocycles. The van der Waals surface area contributed by atoms with Crippen LogP contribution in [0.15, 0.2) is 0 Å². The van der Waals surface area contributed by atoms with Crippen molar-refractivity contribution in [2.45, 2.75) is 25.7 Å². The summed E-state index contributed by atoms with van der Waals surface area (Å²) in [6.07, 6.45) is 4.60. The van der Waals surface area contributed by atoms with Crippen LogP contribution in [0.3, 0.4) is 0 Å². The van der Waals surface area contributed by atoms with Gasteiger partial charge in [-0.05, 0) is 51.2 Å². The Morgan fingerprint density at radius 1 is 1.31 bits per heavy atom. The van der Waals surface area contributed by atoms with E-state index in [0.717, 1.165) is 25.3 Å². The Labute approximate surface area is 80.9 Å². The van der Waals surface area contributed by atoms with Gasteiger partial charge >= 0.3 is 0 Å². The van der Waals surface area contributed by atoms with Crippen molar-refractivity contribution in [2.75, 3.05) is 32.8 Å². The smallest absolute Gasteiger partial charge is 0.0431 e. The van der Waals surface area contributed by atoms with Gasteiger partial charge in [-0.25, -0.2) is 0 Å². The van der Waals surface area contributed by atoms with Gasteiger partial charge in [0.15, 0.2) is 0 Å². The third-order valence-corrected chi connectivity index (χ3v) is 2.84. The number of aliphatic hydroxyl groups is 1. The van der Waals surface area contributed by atoms with Gasteiger partial charge in [-0.1, -0.05) is 0 Å². The Balaban J connectivity index is 1.97. The van der Waals surface area contributed by atoms with Crippen LogP contribution in [-0.4, -0.2) is 42.8 Å². The average molecular weight is 186 g/mol. The molecule has 78 valence electrons. The molecule has 3 nitrogen and oxygen atoms in total. The molecule has 13 heavy (non-hydrogen) atoms. The lowest BCUT2D eigenvalue weighted by molar-refractivity contribution is 0.271. The quantitative estimate of drug-likeness (QED) is 0.591. The van der Waals surface area contributed by atoms with Gasteiger partial charge in [0.05, 0.1) is 0 Å². The lowest BCUT2D eigenvalue weighted by Crippen LogP contribution is -2.24. The molecule has 0 spiro atoms. The maximum absolute atomic E-state index is 8.61. The van der Waals surface area contributed by atoms with Gasteiger partial charge in [-0.3, -0.25) is 0 Å². The van der Waals surface area contributed by atoms with E-state index in [4.69, 9.17) is 10.8 Å². The van der Waals surface area contributed by atoms with Gasteiger partial charge in [0.1, 0.15) is 0 Å². The molecule has 0 aromatic carbocycles. The van der Waals surface area contributed by atoms with Crippen molar-refractivity contribution in [2.24, 2.45) is 11.7 Å². The summed E-state index contributed by atoms with van der Waals surface area (Å²) < 4.78 is 0. The molecule has 1 aliphatic heterocycles. The van der Waals surface area contributed by atoms with Gasteiger partial charge in [-0.2, -0.15) is 0 Å². The molecular weight excluding hydrogens is 164 g/mol. The Kier molecular flexibility index (Phi) is 5.35. The number of unbranched alkanes of at least 4 members (excludes halogenated alkanes) is 2. The van der Waals surface area contributed by atoms with Crippen molar-refractivity contribution in [3.05, 3.63) is 0 Å². The molecule has 1 unspecified atom stereocenters. The monoisotopic (exact) mass is 186 g/mol. The van der Waals surface area contributed by atoms with E-state index in [1.165, 1.54) is 32.5 Å². The highest BCUT2D eigenvalue weighted by Crippen LogP contribution is 2.15. The normalized spacial score (nSPS) is 24.0. The Morgan fingerprint density at radius 2 is 2.15 bits per heavy atom. The summed E-state index contributed by atoms with van der Waals surface area (Å²) in [7, 11) is 0. The van der Waals surface area contributed by atoms with Crippen LogP contribution in [0, 0.1) is 5.92 Å². The van der Waals surface area contributed by atoms with Crippen LogP contribution in [0.4, 0.5) is 0 Å². The molecule has 1 fully saturated rings. The zero-order valence-electron chi connectivity index (χ0n) is 8.41. The van der Waals surface area contributed by atoms with Crippen LogP contribution in [0.5, 0.6) is 0 Å². The number of hydrogen-bond acceptors (Lipinski definition) is 3. The van der Waals surface area contributed by atoms with Gasteiger partial charge in [0.25, 0.3) is 0 Å². The van der Waals surface area contributed by atoms with Crippen LogP contribution < -0.4 is 5.73 Å². The highest BCUT2D eigenvalue weighted by molar-refractivity contribution is 4.75. The first-order valence-electron chi connectivity index (χ1n) is 5.40. The van der Waals surface area contributed by atoms with Crippen LogP contribution >= 0.6 is 0 Å². The zero-order chi connectivity index (χ0) is 9.52. The second kappa shape index (κ2) is 6.35. The maximum Gasteiger partial charge on any atom is 0.0431 e. The first-order chi connectivity index (χ1) is 6.36. The molecule has 3 heteroatoms. The van der Waals surface area contributed by atoms with E-state index in [-0.39, 0.29) is 0 Å². The fourth-order valence-corrected chi connectivity index (χ4v) is 1.93. The van der Waals surface area contributed by atoms with E-state index in [9.17, 15) is 0 Å². The highest BCUT2D eigenvalue weighted by Gasteiger charge is 2.19. The number of nitrogens with two attached hydrogens (primary N) is 1. The van der Waals surface area contributed by atoms with E-state index < -0.39 is 0 Å². The maximum atomic E-state index is 8.61. The fourth-order valence-electron chi connectivity index (χ4n) is 1.93. The largest absolute Gasteiger partial charge is 0.396 e. The van der Waals surface area contributed by atoms with Crippen molar-refractivity contribution in [1.29, 1.82) is 0 Å². The molecule has 0 aliphatic carbocycles. The average Bonchev–Trinajstić information content (AvgIpc) is 2.60. The molecule has 0 saturated carbocycles. The second-order valence-corrected chi connectivity index (χ2v) is 3.98. The lowest BCUT2D eigenvalue weighted by atomic mass is 10.1. The minimum Gasteiger partial charge on any atom is -0.396 e. The van der Waals surface area contributed by atoms with Crippen molar-refractivity contribution in [1.82, 2.24) is 4.90 Å². The van der Waals surface area contributed by atoms with Crippen LogP contribution in [0.1, 0.15) is 25.7 Å². The topological polar surface area (TPSA) is 49.5 Å². The van der Waals surface area contributed by atoms with Crippen molar-refractivity contribution in [3.63, 3.8) is 0 Å². The van der Waals surface area contributed by atoms with Crippen molar-refractivity contribution < 1.29 is 5.11 Å². The van der Waals surface area contributed by atoms with Gasteiger partial charge in [-0.15, -0.1) is 0 Å². The Bertz CT molecular complexity index is 130. The highest BCUT2D eigenvalue weighted by atomic mass is 16.2. The van der Waals surface area contributed by atoms with Crippen molar-refractivity contribution >= 4 is 0 Å². The van der Waals surface area contributed by atoms with E-state index >= 15 is 0 Å². The lowest BCUT2D eigenvalue weighted by Gasteiger charge is -2.14. The summed E-state index contributed by atoms with van der Waals surface area (Å²) in [6.45, 7) is 4.78. The molecule has 0 aromatic rings. The predicted octanol–water partition coefficient (Wildman–Crippen LogP) is 0.430. The molecule has 3 N–H and O–H groups in total. The third-order valence-electron chi connectivity index (χ3n) is 2.84. The summed E-state index contributed by atoms with van der Waals surface area (Å²) in [5.74, 6) is 0.734. The summed E-state index contributed by atoms with van der Waals surface area (Å²) in [4.78, 5) is 2.49. The van der Waals surface area contributed by atoms with E-state index in [1.807, 2.05) is 0 Å². The minimum atomic E-state index is 0.339. The van der Waals surface area contributed by atoms with Crippen LogP contribution in [0.25, 0.3) is 0 Å². The minimum absolute atomic E-state index is 0.339. The number of likely N-dealkylation sites (tertiary alicyclic amines) is 1. The van der Waals surface area contributed by atoms with E-state index in [1.54, 1.807) is 0 Å². The number of rotatable bonds is 6. The van der Waals surface area contributed by atoms with Crippen molar-refractivity contribution in [3.8, 4) is 0 Å². The Morgan fingerprint density at radius 3 is 2.77 bits per heavy atom. The van der Waals surface area contributed by atoms with Gasteiger partial charge < -0.3 is 15.7 Å². The summed E-state index contributed by atoms with van der Waals surface area (Å²) in [5.41, 5.74) is 5.61. The molecule has 1 rings (SSSR count). The van der Waals surface area contributed by atoms with E-state index in [0.29, 0.717) is 6.61 Å². The van der Waals surface area contributed by atoms with Gasteiger partial charge in [0, 0.05) is 13.2 Å². The molecule has 1 heterocycles. The third kappa shape index (κ3) is 4.07. The molecule has 1 atom stereocenters. The molecule has 1 aliphatic rings. The first kappa shape index (κ1) is 11.0. The van der Waals surface area contributed by atoms with Gasteiger partial charge in [0.2, 0.25) is 0 Å². The van der Waals surface area contributed by atoms with E-state index in [2.05, 4.69) is 4.90 Å². The zero-order valence-corrected chi connectivity index (χ0v) is 8.41. The molecule has 1 saturated heterocycles. The summed E-state index contributed by atoms with van der Waals surface area (Å²) >= 11 is 0. The number of aliphatic hydroxyl groups excluding tert-OH is 1. The number of nitrogens with zero attached hydrogens (tertiary/aromatic N) is 1. The van der Waals surface area contributed by atoms with Crippen LogP contribution in [0.2, 0.25) is 0 Å². The molecule has 0 radical (unpaired) electrons. The predicted molar refractivity (Wildman–Crippen MR) is 54.5 cm³/mol. The summed E-state index contributed by atoms with van der Waals surface area (Å²) in [6, 6.07) is 0. The molecule has 0 amide bonds. The summed E-state index contributed by atoms with van der Waals surface area (Å²) in [5, 5.41) is 8.61. The van der Waals surface area contributed by atoms with Crippen LogP contribution in [-0.2, 0) is 0 Å². The first-order valence-corrected chi connectivity index (χ1v) is 5.40. The molecule has 0 bridgehead atoms. The standard InChI is InChI=1S/C10H22N2O/c11-8-10-4-6-12(9-10)5-2-1-3-7-13/h10,13H,1-9,11H2. The molecular formula is C10H22N2O. The Hall–Kier alpha value is -0.120. The number of hydrogen-bond donors (Lipinski definition) is 2.